The summed E-state index contributed by atoms with van der Waals surface area (Å²) in [4.78, 5) is 22.4. The van der Waals surface area contributed by atoms with Crippen LogP contribution in [0.2, 0.25) is 0 Å². The molecule has 1 atom stereocenters. The molecule has 0 saturated carbocycles. The molecule has 0 bridgehead atoms. The fourth-order valence-electron chi connectivity index (χ4n) is 6.07. The zero-order valence-electron chi connectivity index (χ0n) is 19.6. The van der Waals surface area contributed by atoms with Gasteiger partial charge in [-0.05, 0) is 84.7 Å². The van der Waals surface area contributed by atoms with Gasteiger partial charge in [0.1, 0.15) is 5.75 Å². The van der Waals surface area contributed by atoms with E-state index in [2.05, 4.69) is 24.3 Å². The molecule has 5 heteroatoms. The molecule has 2 aliphatic rings. The highest BCUT2D eigenvalue weighted by atomic mass is 16.5. The maximum atomic E-state index is 12.6. The number of carboxylic acids is 1. The molecule has 0 amide bonds. The number of carboxylic acid groups (broad SMARTS) is 1. The number of hydrogen-bond acceptors (Lipinski definition) is 4. The Morgan fingerprint density at radius 2 is 1.97 bits per heavy atom. The summed E-state index contributed by atoms with van der Waals surface area (Å²) in [5, 5.41) is 12.5. The van der Waals surface area contributed by atoms with Gasteiger partial charge in [-0.2, -0.15) is 0 Å². The lowest BCUT2D eigenvalue weighted by molar-refractivity contribution is -0.139. The van der Waals surface area contributed by atoms with Crippen molar-refractivity contribution in [2.24, 2.45) is 0 Å². The predicted molar refractivity (Wildman–Crippen MR) is 134 cm³/mol. The molecule has 4 aromatic rings. The molecule has 5 nitrogen and oxygen atoms in total. The monoisotopic (exact) mass is 452 g/mol. The third-order valence-corrected chi connectivity index (χ3v) is 7.52. The topological polar surface area (TPSA) is 72.3 Å². The van der Waals surface area contributed by atoms with Gasteiger partial charge in [0.2, 0.25) is 0 Å². The van der Waals surface area contributed by atoms with Crippen molar-refractivity contribution in [3.05, 3.63) is 64.5 Å². The van der Waals surface area contributed by atoms with Gasteiger partial charge in [-0.1, -0.05) is 19.4 Å². The molecule has 0 saturated heterocycles. The van der Waals surface area contributed by atoms with E-state index in [4.69, 9.17) is 14.7 Å². The number of rotatable bonds is 5. The van der Waals surface area contributed by atoms with Gasteiger partial charge in [-0.25, -0.2) is 0 Å². The quantitative estimate of drug-likeness (QED) is 0.393. The van der Waals surface area contributed by atoms with Gasteiger partial charge in [0, 0.05) is 34.6 Å². The molecular weight excluding hydrogens is 424 g/mol. The molecule has 34 heavy (non-hydrogen) atoms. The van der Waals surface area contributed by atoms with E-state index in [-0.39, 0.29) is 0 Å². The highest BCUT2D eigenvalue weighted by molar-refractivity contribution is 6.09. The van der Waals surface area contributed by atoms with E-state index in [9.17, 15) is 9.90 Å². The van der Waals surface area contributed by atoms with Gasteiger partial charge < -0.3 is 9.84 Å². The zero-order valence-corrected chi connectivity index (χ0v) is 19.6. The summed E-state index contributed by atoms with van der Waals surface area (Å²) in [5.74, 6) is -0.548. The van der Waals surface area contributed by atoms with Crippen molar-refractivity contribution >= 4 is 27.8 Å². The molecular formula is C29H28N2O3. The minimum Gasteiger partial charge on any atom is -0.493 e. The largest absolute Gasteiger partial charge is 0.493 e. The van der Waals surface area contributed by atoms with Crippen molar-refractivity contribution in [1.29, 1.82) is 0 Å². The van der Waals surface area contributed by atoms with Gasteiger partial charge in [0.15, 0.2) is 0 Å². The SMILES string of the molecule is CCCC(C(=O)O)c1c(C)nc2ccc3c(c2c1-c1ccc2c4c(ccnc14)CCO2)CCC3. The zero-order chi connectivity index (χ0) is 23.4. The molecule has 0 radical (unpaired) electrons. The van der Waals surface area contributed by atoms with Crippen molar-refractivity contribution < 1.29 is 14.6 Å². The Morgan fingerprint density at radius 1 is 1.09 bits per heavy atom. The third kappa shape index (κ3) is 3.10. The Morgan fingerprint density at radius 3 is 2.79 bits per heavy atom. The fourth-order valence-corrected chi connectivity index (χ4v) is 6.07. The van der Waals surface area contributed by atoms with Crippen LogP contribution in [0, 0.1) is 6.92 Å². The van der Waals surface area contributed by atoms with Gasteiger partial charge in [-0.15, -0.1) is 0 Å². The summed E-state index contributed by atoms with van der Waals surface area (Å²) >= 11 is 0. The maximum Gasteiger partial charge on any atom is 0.311 e. The minimum absolute atomic E-state index is 0.573. The first-order valence-corrected chi connectivity index (χ1v) is 12.3. The number of aromatic nitrogens is 2. The van der Waals surface area contributed by atoms with Crippen molar-refractivity contribution in [2.45, 2.75) is 58.3 Å². The molecule has 6 rings (SSSR count). The number of aliphatic carboxylic acids is 1. The number of nitrogens with zero attached hydrogens (tertiary/aromatic N) is 2. The van der Waals surface area contributed by atoms with E-state index in [1.165, 1.54) is 16.7 Å². The van der Waals surface area contributed by atoms with E-state index in [1.807, 2.05) is 26.1 Å². The molecule has 1 aliphatic heterocycles. The Bertz CT molecular complexity index is 1460. The normalized spacial score (nSPS) is 15.4. The van der Waals surface area contributed by atoms with Crippen LogP contribution in [0.4, 0.5) is 0 Å². The maximum absolute atomic E-state index is 12.6. The number of carbonyl (C=O) groups is 1. The van der Waals surface area contributed by atoms with Crippen LogP contribution in [0.15, 0.2) is 36.5 Å². The van der Waals surface area contributed by atoms with E-state index in [0.717, 1.165) is 82.0 Å². The molecule has 0 spiro atoms. The van der Waals surface area contributed by atoms with Gasteiger partial charge in [0.05, 0.1) is 23.6 Å². The number of ether oxygens (including phenoxy) is 1. The molecule has 2 aromatic carbocycles. The second kappa shape index (κ2) is 8.08. The minimum atomic E-state index is -0.793. The van der Waals surface area contributed by atoms with Crippen molar-refractivity contribution in [2.75, 3.05) is 6.61 Å². The fraction of sp³-hybridized carbons (Fsp3) is 0.345. The lowest BCUT2D eigenvalue weighted by Gasteiger charge is -2.24. The first-order chi connectivity index (χ1) is 16.6. The van der Waals surface area contributed by atoms with Crippen LogP contribution in [0.25, 0.3) is 32.9 Å². The van der Waals surface area contributed by atoms with Crippen LogP contribution in [-0.4, -0.2) is 27.7 Å². The lowest BCUT2D eigenvalue weighted by Crippen LogP contribution is -2.16. The predicted octanol–water partition coefficient (Wildman–Crippen LogP) is 6.15. The lowest BCUT2D eigenvalue weighted by atomic mass is 9.82. The van der Waals surface area contributed by atoms with E-state index in [0.29, 0.717) is 13.0 Å². The number of pyridine rings is 2. The summed E-state index contributed by atoms with van der Waals surface area (Å²) in [5.41, 5.74) is 9.35. The van der Waals surface area contributed by atoms with E-state index < -0.39 is 11.9 Å². The molecule has 172 valence electrons. The average molecular weight is 453 g/mol. The number of hydrogen-bond donors (Lipinski definition) is 1. The van der Waals surface area contributed by atoms with E-state index >= 15 is 0 Å². The van der Waals surface area contributed by atoms with Crippen molar-refractivity contribution in [1.82, 2.24) is 9.97 Å². The number of fused-ring (bicyclic) bond motifs is 3. The number of benzene rings is 2. The van der Waals surface area contributed by atoms with Crippen LogP contribution in [0.1, 0.15) is 60.1 Å². The summed E-state index contributed by atoms with van der Waals surface area (Å²) in [6.45, 7) is 4.66. The van der Waals surface area contributed by atoms with Gasteiger partial charge >= 0.3 is 5.97 Å². The smallest absolute Gasteiger partial charge is 0.311 e. The van der Waals surface area contributed by atoms with Crippen LogP contribution < -0.4 is 4.74 Å². The Labute approximate surface area is 198 Å². The number of aryl methyl sites for hydroxylation is 3. The average Bonchev–Trinajstić information content (AvgIpc) is 3.32. The van der Waals surface area contributed by atoms with Crippen LogP contribution in [0.3, 0.4) is 0 Å². The highest BCUT2D eigenvalue weighted by Crippen LogP contribution is 2.46. The summed E-state index contributed by atoms with van der Waals surface area (Å²) in [6, 6.07) is 10.5. The molecule has 1 unspecified atom stereocenters. The summed E-state index contributed by atoms with van der Waals surface area (Å²) < 4.78 is 5.98. The third-order valence-electron chi connectivity index (χ3n) is 7.52. The van der Waals surface area contributed by atoms with Crippen LogP contribution in [0.5, 0.6) is 5.75 Å². The second-order valence-corrected chi connectivity index (χ2v) is 9.52. The molecule has 1 aliphatic carbocycles. The Hall–Kier alpha value is -3.47. The van der Waals surface area contributed by atoms with Crippen molar-refractivity contribution in [3.8, 4) is 16.9 Å². The second-order valence-electron chi connectivity index (χ2n) is 9.52. The molecule has 2 aromatic heterocycles. The summed E-state index contributed by atoms with van der Waals surface area (Å²) in [7, 11) is 0. The van der Waals surface area contributed by atoms with Gasteiger partial charge in [-0.3, -0.25) is 14.8 Å². The van der Waals surface area contributed by atoms with Crippen LogP contribution >= 0.6 is 0 Å². The first kappa shape index (κ1) is 21.1. The van der Waals surface area contributed by atoms with Crippen LogP contribution in [-0.2, 0) is 24.1 Å². The van der Waals surface area contributed by atoms with Crippen molar-refractivity contribution in [3.63, 3.8) is 0 Å². The first-order valence-electron chi connectivity index (χ1n) is 12.3. The summed E-state index contributed by atoms with van der Waals surface area (Å²) in [6.07, 6.45) is 7.25. The standard InChI is InChI=1S/C29H28N2O3/c1-3-5-21(29(32)33)24-16(2)31-22-10-8-17-6-4-7-19(17)26(22)27(24)20-9-11-23-25-18(13-15-34-23)12-14-30-28(20)25/h8-12,14,21H,3-7,13,15H2,1-2H3,(H,32,33). The highest BCUT2D eigenvalue weighted by Gasteiger charge is 2.30. The molecule has 0 fully saturated rings. The van der Waals surface area contributed by atoms with Gasteiger partial charge in [0.25, 0.3) is 0 Å². The van der Waals surface area contributed by atoms with E-state index in [1.54, 1.807) is 0 Å². The molecule has 3 heterocycles. The molecule has 1 N–H and O–H groups in total. The Balaban J connectivity index is 1.79. The Kier molecular flexibility index (Phi) is 5.01.